The standard InChI is InChI=1S/C15H19BrClNO3/c1-3-7-18(11-15(19)20-4-2)8-9-21-14-6-5-12(17)10-13(14)16/h3,5-6,10H,1,4,7-9,11H2,2H3. The van der Waals surface area contributed by atoms with Gasteiger partial charge in [-0.05, 0) is 41.1 Å². The van der Waals surface area contributed by atoms with E-state index in [0.717, 1.165) is 4.47 Å². The van der Waals surface area contributed by atoms with Crippen LogP contribution in [0.5, 0.6) is 5.75 Å². The van der Waals surface area contributed by atoms with E-state index in [-0.39, 0.29) is 12.5 Å². The molecule has 116 valence electrons. The molecule has 0 unspecified atom stereocenters. The van der Waals surface area contributed by atoms with E-state index in [9.17, 15) is 4.79 Å². The molecule has 0 radical (unpaired) electrons. The van der Waals surface area contributed by atoms with Crippen LogP contribution in [0.3, 0.4) is 0 Å². The summed E-state index contributed by atoms with van der Waals surface area (Å²) in [6.07, 6.45) is 1.75. The Morgan fingerprint density at radius 3 is 2.90 bits per heavy atom. The zero-order chi connectivity index (χ0) is 15.7. The molecular formula is C15H19BrClNO3. The molecule has 0 amide bonds. The zero-order valence-electron chi connectivity index (χ0n) is 12.0. The monoisotopic (exact) mass is 375 g/mol. The lowest BCUT2D eigenvalue weighted by atomic mass is 10.3. The molecule has 4 nitrogen and oxygen atoms in total. The SMILES string of the molecule is C=CCN(CCOc1ccc(Cl)cc1Br)CC(=O)OCC. The van der Waals surface area contributed by atoms with Crippen molar-refractivity contribution in [1.82, 2.24) is 4.90 Å². The van der Waals surface area contributed by atoms with Crippen molar-refractivity contribution in [3.8, 4) is 5.75 Å². The first-order valence-corrected chi connectivity index (χ1v) is 7.80. The molecule has 0 saturated carbocycles. The van der Waals surface area contributed by atoms with Crippen molar-refractivity contribution in [2.24, 2.45) is 0 Å². The van der Waals surface area contributed by atoms with Gasteiger partial charge in [-0.2, -0.15) is 0 Å². The van der Waals surface area contributed by atoms with Gasteiger partial charge in [-0.1, -0.05) is 17.7 Å². The summed E-state index contributed by atoms with van der Waals surface area (Å²) < 4.78 is 11.4. The Bertz CT molecular complexity index is 482. The third-order valence-electron chi connectivity index (χ3n) is 2.60. The fourth-order valence-corrected chi connectivity index (χ4v) is 2.48. The lowest BCUT2D eigenvalue weighted by Crippen LogP contribution is -2.34. The minimum atomic E-state index is -0.243. The average Bonchev–Trinajstić information content (AvgIpc) is 2.41. The number of rotatable bonds is 9. The van der Waals surface area contributed by atoms with Gasteiger partial charge >= 0.3 is 5.97 Å². The van der Waals surface area contributed by atoms with E-state index in [4.69, 9.17) is 21.1 Å². The Labute approximate surface area is 138 Å². The second-order valence-electron chi connectivity index (χ2n) is 4.25. The fraction of sp³-hybridized carbons (Fsp3) is 0.400. The average molecular weight is 377 g/mol. The third kappa shape index (κ3) is 6.98. The summed E-state index contributed by atoms with van der Waals surface area (Å²) in [6.45, 7) is 7.74. The normalized spacial score (nSPS) is 10.5. The van der Waals surface area contributed by atoms with E-state index in [2.05, 4.69) is 22.5 Å². The predicted octanol–water partition coefficient (Wildman–Crippen LogP) is 3.53. The number of ether oxygens (including phenoxy) is 2. The van der Waals surface area contributed by atoms with Gasteiger partial charge in [0.25, 0.3) is 0 Å². The molecule has 0 atom stereocenters. The number of carbonyl (C=O) groups excluding carboxylic acids is 1. The molecule has 0 aliphatic carbocycles. The second kappa shape index (κ2) is 9.82. The van der Waals surface area contributed by atoms with Gasteiger partial charge in [0.05, 0.1) is 17.6 Å². The Morgan fingerprint density at radius 2 is 2.29 bits per heavy atom. The van der Waals surface area contributed by atoms with Crippen LogP contribution in [0.1, 0.15) is 6.92 Å². The molecule has 1 aromatic rings. The van der Waals surface area contributed by atoms with E-state index >= 15 is 0 Å². The van der Waals surface area contributed by atoms with E-state index in [1.54, 1.807) is 31.2 Å². The van der Waals surface area contributed by atoms with Crippen LogP contribution in [0.25, 0.3) is 0 Å². The molecule has 0 heterocycles. The van der Waals surface area contributed by atoms with Crippen molar-refractivity contribution in [2.45, 2.75) is 6.92 Å². The molecule has 1 rings (SSSR count). The number of halogens is 2. The first-order valence-electron chi connectivity index (χ1n) is 6.63. The van der Waals surface area contributed by atoms with Crippen LogP contribution in [-0.4, -0.2) is 43.7 Å². The summed E-state index contributed by atoms with van der Waals surface area (Å²) in [5.74, 6) is 0.473. The maximum Gasteiger partial charge on any atom is 0.320 e. The summed E-state index contributed by atoms with van der Waals surface area (Å²) in [5.41, 5.74) is 0. The zero-order valence-corrected chi connectivity index (χ0v) is 14.3. The molecule has 0 fully saturated rings. The number of benzene rings is 1. The maximum absolute atomic E-state index is 11.5. The van der Waals surface area contributed by atoms with Crippen LogP contribution >= 0.6 is 27.5 Å². The molecular weight excluding hydrogens is 358 g/mol. The van der Waals surface area contributed by atoms with Crippen molar-refractivity contribution in [3.05, 3.63) is 40.3 Å². The molecule has 21 heavy (non-hydrogen) atoms. The van der Waals surface area contributed by atoms with E-state index < -0.39 is 0 Å². The van der Waals surface area contributed by atoms with Gasteiger partial charge in [0.15, 0.2) is 0 Å². The molecule has 0 bridgehead atoms. The molecule has 6 heteroatoms. The lowest BCUT2D eigenvalue weighted by Gasteiger charge is -2.19. The quantitative estimate of drug-likeness (QED) is 0.488. The Kier molecular flexibility index (Phi) is 8.42. The van der Waals surface area contributed by atoms with E-state index in [0.29, 0.717) is 37.1 Å². The van der Waals surface area contributed by atoms with Crippen LogP contribution in [-0.2, 0) is 9.53 Å². The second-order valence-corrected chi connectivity index (χ2v) is 5.54. The molecule has 0 N–H and O–H groups in total. The Balaban J connectivity index is 2.45. The van der Waals surface area contributed by atoms with Gasteiger partial charge in [-0.25, -0.2) is 0 Å². The summed E-state index contributed by atoms with van der Waals surface area (Å²) in [7, 11) is 0. The topological polar surface area (TPSA) is 38.8 Å². The minimum Gasteiger partial charge on any atom is -0.491 e. The van der Waals surface area contributed by atoms with Crippen molar-refractivity contribution in [2.75, 3.05) is 32.8 Å². The van der Waals surface area contributed by atoms with Crippen LogP contribution < -0.4 is 4.74 Å². The molecule has 1 aromatic carbocycles. The van der Waals surface area contributed by atoms with Crippen LogP contribution in [0.4, 0.5) is 0 Å². The van der Waals surface area contributed by atoms with E-state index in [1.165, 1.54) is 0 Å². The predicted molar refractivity (Wildman–Crippen MR) is 87.9 cm³/mol. The smallest absolute Gasteiger partial charge is 0.320 e. The highest BCUT2D eigenvalue weighted by molar-refractivity contribution is 9.10. The van der Waals surface area contributed by atoms with Gasteiger partial charge < -0.3 is 9.47 Å². The van der Waals surface area contributed by atoms with Crippen molar-refractivity contribution >= 4 is 33.5 Å². The summed E-state index contributed by atoms with van der Waals surface area (Å²) in [6, 6.07) is 5.34. The third-order valence-corrected chi connectivity index (χ3v) is 3.46. The maximum atomic E-state index is 11.5. The van der Waals surface area contributed by atoms with Gasteiger partial charge in [0, 0.05) is 18.1 Å². The molecule has 0 spiro atoms. The lowest BCUT2D eigenvalue weighted by molar-refractivity contribution is -0.144. The molecule has 0 aromatic heterocycles. The van der Waals surface area contributed by atoms with Crippen molar-refractivity contribution in [1.29, 1.82) is 0 Å². The van der Waals surface area contributed by atoms with Crippen LogP contribution in [0.15, 0.2) is 35.3 Å². The molecule has 0 aliphatic heterocycles. The van der Waals surface area contributed by atoms with Crippen molar-refractivity contribution < 1.29 is 14.3 Å². The number of hydrogen-bond donors (Lipinski definition) is 0. The van der Waals surface area contributed by atoms with Crippen LogP contribution in [0, 0.1) is 0 Å². The van der Waals surface area contributed by atoms with Gasteiger partial charge in [0.1, 0.15) is 12.4 Å². The van der Waals surface area contributed by atoms with Crippen molar-refractivity contribution in [3.63, 3.8) is 0 Å². The first kappa shape index (κ1) is 18.0. The number of hydrogen-bond acceptors (Lipinski definition) is 4. The highest BCUT2D eigenvalue weighted by Gasteiger charge is 2.10. The molecule has 0 saturated heterocycles. The number of esters is 1. The summed E-state index contributed by atoms with van der Waals surface area (Å²) >= 11 is 9.27. The van der Waals surface area contributed by atoms with Gasteiger partial charge in [-0.3, -0.25) is 9.69 Å². The minimum absolute atomic E-state index is 0.227. The highest BCUT2D eigenvalue weighted by atomic mass is 79.9. The Hall–Kier alpha value is -1.04. The summed E-state index contributed by atoms with van der Waals surface area (Å²) in [4.78, 5) is 13.4. The van der Waals surface area contributed by atoms with Gasteiger partial charge in [-0.15, -0.1) is 6.58 Å². The fourth-order valence-electron chi connectivity index (χ4n) is 1.68. The van der Waals surface area contributed by atoms with Crippen LogP contribution in [0.2, 0.25) is 5.02 Å². The Morgan fingerprint density at radius 1 is 1.52 bits per heavy atom. The largest absolute Gasteiger partial charge is 0.491 e. The molecule has 0 aliphatic rings. The first-order chi connectivity index (χ1) is 10.1. The summed E-state index contributed by atoms with van der Waals surface area (Å²) in [5, 5.41) is 0.643. The van der Waals surface area contributed by atoms with E-state index in [1.807, 2.05) is 4.90 Å². The number of nitrogens with zero attached hydrogens (tertiary/aromatic N) is 1. The van der Waals surface area contributed by atoms with Gasteiger partial charge in [0.2, 0.25) is 0 Å². The number of carbonyl (C=O) groups is 1. The highest BCUT2D eigenvalue weighted by Crippen LogP contribution is 2.27.